The van der Waals surface area contributed by atoms with Crippen molar-refractivity contribution >= 4 is 23.2 Å². The molecule has 9 heteroatoms. The van der Waals surface area contributed by atoms with Gasteiger partial charge < -0.3 is 15.4 Å². The Kier molecular flexibility index (Phi) is 6.42. The van der Waals surface area contributed by atoms with E-state index in [1.54, 1.807) is 12.1 Å². The zero-order chi connectivity index (χ0) is 23.3. The van der Waals surface area contributed by atoms with Crippen LogP contribution in [0.5, 0.6) is 5.75 Å². The van der Waals surface area contributed by atoms with Crippen LogP contribution in [0.3, 0.4) is 0 Å². The molecule has 3 aromatic carbocycles. The van der Waals surface area contributed by atoms with Gasteiger partial charge in [-0.25, -0.2) is 8.78 Å². The van der Waals surface area contributed by atoms with Crippen molar-refractivity contribution in [3.8, 4) is 17.9 Å². The number of anilines is 2. The van der Waals surface area contributed by atoms with Crippen molar-refractivity contribution in [3.63, 3.8) is 0 Å². The lowest BCUT2D eigenvalue weighted by molar-refractivity contribution is 0.102. The number of benzene rings is 3. The third-order valence-electron chi connectivity index (χ3n) is 4.40. The summed E-state index contributed by atoms with van der Waals surface area (Å²) in [7, 11) is 1.34. The molecule has 0 saturated carbocycles. The predicted molar refractivity (Wildman–Crippen MR) is 111 cm³/mol. The Hall–Kier alpha value is -4.76. The number of nitrogens with zero attached hydrogens (tertiary/aromatic N) is 2. The monoisotopic (exact) mass is 432 g/mol. The van der Waals surface area contributed by atoms with Crippen LogP contribution >= 0.6 is 0 Å². The number of carbonyl (C=O) groups is 2. The molecule has 0 fully saturated rings. The van der Waals surface area contributed by atoms with E-state index in [0.29, 0.717) is 0 Å². The molecule has 3 aromatic rings. The molecule has 7 nitrogen and oxygen atoms in total. The van der Waals surface area contributed by atoms with Gasteiger partial charge in [-0.3, -0.25) is 9.59 Å². The number of carbonyl (C=O) groups excluding carboxylic acids is 2. The van der Waals surface area contributed by atoms with Crippen molar-refractivity contribution in [1.82, 2.24) is 0 Å². The van der Waals surface area contributed by atoms with Crippen LogP contribution in [-0.2, 0) is 0 Å². The summed E-state index contributed by atoms with van der Waals surface area (Å²) >= 11 is 0. The third-order valence-corrected chi connectivity index (χ3v) is 4.40. The lowest BCUT2D eigenvalue weighted by Gasteiger charge is -2.12. The van der Waals surface area contributed by atoms with Gasteiger partial charge in [0.15, 0.2) is 0 Å². The summed E-state index contributed by atoms with van der Waals surface area (Å²) < 4.78 is 32.7. The Morgan fingerprint density at radius 2 is 1.34 bits per heavy atom. The van der Waals surface area contributed by atoms with Crippen LogP contribution in [0.25, 0.3) is 0 Å². The molecular formula is C23H14F2N4O3. The number of amides is 2. The SMILES string of the molecule is COc1ccc(C(=O)Nc2ccc(C#N)c(F)c2)cc1C(=O)Nc1ccc(C#N)c(F)c1. The smallest absolute Gasteiger partial charge is 0.259 e. The number of nitrogens with one attached hydrogen (secondary N) is 2. The van der Waals surface area contributed by atoms with Crippen molar-refractivity contribution in [1.29, 1.82) is 10.5 Å². The Morgan fingerprint density at radius 1 is 0.812 bits per heavy atom. The molecule has 0 unspecified atom stereocenters. The van der Waals surface area contributed by atoms with Gasteiger partial charge in [0.25, 0.3) is 11.8 Å². The number of halogens is 2. The molecule has 0 aliphatic carbocycles. The van der Waals surface area contributed by atoms with Crippen LogP contribution in [-0.4, -0.2) is 18.9 Å². The van der Waals surface area contributed by atoms with Crippen LogP contribution in [0, 0.1) is 34.3 Å². The lowest BCUT2D eigenvalue weighted by Crippen LogP contribution is -2.17. The van der Waals surface area contributed by atoms with E-state index < -0.39 is 23.4 Å². The van der Waals surface area contributed by atoms with Crippen LogP contribution in [0.1, 0.15) is 31.8 Å². The van der Waals surface area contributed by atoms with E-state index in [4.69, 9.17) is 15.3 Å². The molecule has 0 radical (unpaired) electrons. The van der Waals surface area contributed by atoms with E-state index in [-0.39, 0.29) is 39.4 Å². The molecule has 0 saturated heterocycles. The summed E-state index contributed by atoms with van der Waals surface area (Å²) in [5.74, 6) is -2.72. The quantitative estimate of drug-likeness (QED) is 0.626. The summed E-state index contributed by atoms with van der Waals surface area (Å²) in [6, 6.07) is 14.6. The third kappa shape index (κ3) is 4.69. The number of hydrogen-bond donors (Lipinski definition) is 2. The number of rotatable bonds is 5. The first-order valence-electron chi connectivity index (χ1n) is 9.06. The largest absolute Gasteiger partial charge is 0.496 e. The van der Waals surface area contributed by atoms with Crippen molar-refractivity contribution in [3.05, 3.63) is 88.5 Å². The highest BCUT2D eigenvalue weighted by atomic mass is 19.1. The Labute approximate surface area is 181 Å². The number of ether oxygens (including phenoxy) is 1. The second-order valence-corrected chi connectivity index (χ2v) is 6.44. The van der Waals surface area contributed by atoms with Crippen molar-refractivity contribution < 1.29 is 23.1 Å². The minimum Gasteiger partial charge on any atom is -0.496 e. The molecule has 0 aliphatic rings. The molecule has 0 heterocycles. The first-order valence-corrected chi connectivity index (χ1v) is 9.06. The fourth-order valence-corrected chi connectivity index (χ4v) is 2.80. The van der Waals surface area contributed by atoms with Gasteiger partial charge in [-0.05, 0) is 54.6 Å². The molecule has 32 heavy (non-hydrogen) atoms. The zero-order valence-corrected chi connectivity index (χ0v) is 16.6. The Morgan fingerprint density at radius 3 is 1.81 bits per heavy atom. The average molecular weight is 432 g/mol. The number of methoxy groups -OCH3 is 1. The topological polar surface area (TPSA) is 115 Å². The molecule has 0 spiro atoms. The zero-order valence-electron chi connectivity index (χ0n) is 16.6. The van der Waals surface area contributed by atoms with Crippen LogP contribution < -0.4 is 15.4 Å². The van der Waals surface area contributed by atoms with Gasteiger partial charge in [0.1, 0.15) is 29.5 Å². The van der Waals surface area contributed by atoms with Crippen LogP contribution in [0.15, 0.2) is 54.6 Å². The van der Waals surface area contributed by atoms with Crippen molar-refractivity contribution in [2.24, 2.45) is 0 Å². The van der Waals surface area contributed by atoms with Crippen molar-refractivity contribution in [2.75, 3.05) is 17.7 Å². The molecule has 3 rings (SSSR count). The van der Waals surface area contributed by atoms with E-state index in [0.717, 1.165) is 12.1 Å². The van der Waals surface area contributed by atoms with E-state index in [1.165, 1.54) is 49.6 Å². The number of hydrogen-bond acceptors (Lipinski definition) is 5. The normalized spacial score (nSPS) is 9.91. The maximum atomic E-state index is 13.8. The molecular weight excluding hydrogens is 418 g/mol. The second kappa shape index (κ2) is 9.37. The molecule has 0 aromatic heterocycles. The minimum absolute atomic E-state index is 0.00377. The van der Waals surface area contributed by atoms with E-state index in [1.807, 2.05) is 0 Å². The van der Waals surface area contributed by atoms with Gasteiger partial charge in [0, 0.05) is 16.9 Å². The maximum absolute atomic E-state index is 13.8. The summed E-state index contributed by atoms with van der Waals surface area (Å²) in [6.45, 7) is 0. The Bertz CT molecular complexity index is 1310. The van der Waals surface area contributed by atoms with E-state index in [9.17, 15) is 18.4 Å². The predicted octanol–water partition coefficient (Wildman–Crippen LogP) is 4.22. The number of nitriles is 2. The molecule has 0 aliphatic heterocycles. The van der Waals surface area contributed by atoms with Crippen LogP contribution in [0.4, 0.5) is 20.2 Å². The fourth-order valence-electron chi connectivity index (χ4n) is 2.80. The highest BCUT2D eigenvalue weighted by Gasteiger charge is 2.17. The molecule has 0 atom stereocenters. The van der Waals surface area contributed by atoms with Gasteiger partial charge in [0.2, 0.25) is 0 Å². The molecule has 158 valence electrons. The second-order valence-electron chi connectivity index (χ2n) is 6.44. The summed E-state index contributed by atoms with van der Waals surface area (Å²) in [6.07, 6.45) is 0. The highest BCUT2D eigenvalue weighted by molar-refractivity contribution is 6.10. The Balaban J connectivity index is 1.84. The van der Waals surface area contributed by atoms with Gasteiger partial charge >= 0.3 is 0 Å². The van der Waals surface area contributed by atoms with Crippen LogP contribution in [0.2, 0.25) is 0 Å². The summed E-state index contributed by atoms with van der Waals surface area (Å²) in [5.41, 5.74) is -0.0235. The maximum Gasteiger partial charge on any atom is 0.259 e. The lowest BCUT2D eigenvalue weighted by atomic mass is 10.1. The van der Waals surface area contributed by atoms with Gasteiger partial charge in [-0.1, -0.05) is 0 Å². The molecule has 2 N–H and O–H groups in total. The first-order chi connectivity index (χ1) is 15.4. The molecule has 2 amide bonds. The summed E-state index contributed by atoms with van der Waals surface area (Å²) in [4.78, 5) is 25.3. The van der Waals surface area contributed by atoms with Gasteiger partial charge in [0.05, 0.1) is 23.8 Å². The molecule has 0 bridgehead atoms. The van der Waals surface area contributed by atoms with E-state index >= 15 is 0 Å². The average Bonchev–Trinajstić information content (AvgIpc) is 2.78. The van der Waals surface area contributed by atoms with Crippen molar-refractivity contribution in [2.45, 2.75) is 0 Å². The minimum atomic E-state index is -0.792. The van der Waals surface area contributed by atoms with Gasteiger partial charge in [-0.15, -0.1) is 0 Å². The highest BCUT2D eigenvalue weighted by Crippen LogP contribution is 2.23. The standard InChI is InChI=1S/C23H14F2N4O3/c1-32-21-7-4-13(22(30)28-16-5-2-14(11-26)19(24)9-16)8-18(21)23(31)29-17-6-3-15(12-27)20(25)10-17/h2-10H,1H3,(H,28,30)(H,29,31). The first kappa shape index (κ1) is 21.9. The fraction of sp³-hybridized carbons (Fsp3) is 0.0435. The van der Waals surface area contributed by atoms with Gasteiger partial charge in [-0.2, -0.15) is 10.5 Å². The summed E-state index contributed by atoms with van der Waals surface area (Å²) in [5, 5.41) is 22.6. The van der Waals surface area contributed by atoms with E-state index in [2.05, 4.69) is 10.6 Å².